The second kappa shape index (κ2) is 4.38. The van der Waals surface area contributed by atoms with Crippen LogP contribution in [0.15, 0.2) is 0 Å². The van der Waals surface area contributed by atoms with Gasteiger partial charge in [-0.05, 0) is 19.4 Å². The number of piperidine rings is 1. The van der Waals surface area contributed by atoms with E-state index in [2.05, 4.69) is 9.41 Å². The summed E-state index contributed by atoms with van der Waals surface area (Å²) in [7, 11) is 0. The molecule has 1 saturated heterocycles. The molecule has 0 bridgehead atoms. The number of halogens is 2. The Kier molecular flexibility index (Phi) is 3.76. The van der Waals surface area contributed by atoms with E-state index < -0.39 is 6.17 Å². The first kappa shape index (κ1) is 8.59. The Morgan fingerprint density at radius 2 is 2.50 bits per heavy atom. The Morgan fingerprint density at radius 1 is 1.70 bits per heavy atom. The lowest BCUT2D eigenvalue weighted by atomic mass is 10.1. The lowest BCUT2D eigenvalue weighted by Gasteiger charge is -2.27. The first-order valence-electron chi connectivity index (χ1n) is 3.52. The topological polar surface area (TPSA) is 3.24 Å². The quantitative estimate of drug-likeness (QED) is 0.414. The zero-order valence-electron chi connectivity index (χ0n) is 6.02. The first-order chi connectivity index (χ1) is 4.83. The summed E-state index contributed by atoms with van der Waals surface area (Å²) in [5, 5.41) is 0. The zero-order chi connectivity index (χ0) is 7.40. The molecule has 1 rings (SSSR count). The number of nitrogens with zero attached hydrogens (tertiary/aromatic N) is 1. The van der Waals surface area contributed by atoms with Crippen molar-refractivity contribution < 1.29 is 4.39 Å². The molecule has 0 amide bonds. The van der Waals surface area contributed by atoms with E-state index in [-0.39, 0.29) is 20.7 Å². The van der Waals surface area contributed by atoms with Gasteiger partial charge in [-0.2, -0.15) is 0 Å². The third-order valence-corrected chi connectivity index (χ3v) is 3.15. The SMILES string of the molecule is C=ICN1CCCC(F)C1. The first-order valence-corrected chi connectivity index (χ1v) is 6.57. The van der Waals surface area contributed by atoms with Gasteiger partial charge in [0.1, 0.15) is 6.17 Å². The maximum atomic E-state index is 12.7. The van der Waals surface area contributed by atoms with Gasteiger partial charge in [0.2, 0.25) is 0 Å². The van der Waals surface area contributed by atoms with Gasteiger partial charge in [-0.25, -0.2) is 4.39 Å². The van der Waals surface area contributed by atoms with E-state index >= 15 is 0 Å². The highest BCUT2D eigenvalue weighted by molar-refractivity contribution is 14.2. The van der Waals surface area contributed by atoms with E-state index in [1.807, 2.05) is 0 Å². The normalized spacial score (nSPS) is 28.7. The minimum Gasteiger partial charge on any atom is -0.292 e. The van der Waals surface area contributed by atoms with Crippen LogP contribution in [0.25, 0.3) is 0 Å². The van der Waals surface area contributed by atoms with Gasteiger partial charge in [-0.3, -0.25) is 4.90 Å². The number of likely N-dealkylation sites (tertiary alicyclic amines) is 1. The Balaban J connectivity index is 2.24. The van der Waals surface area contributed by atoms with E-state index in [0.29, 0.717) is 6.54 Å². The number of hydrogen-bond acceptors (Lipinski definition) is 1. The van der Waals surface area contributed by atoms with Crippen LogP contribution < -0.4 is 0 Å². The largest absolute Gasteiger partial charge is 0.292 e. The van der Waals surface area contributed by atoms with Crippen molar-refractivity contribution in [2.75, 3.05) is 17.6 Å². The number of hydrogen-bond donors (Lipinski definition) is 0. The molecule has 0 saturated carbocycles. The highest BCUT2D eigenvalue weighted by Crippen LogP contribution is 2.14. The number of alkyl halides is 2. The van der Waals surface area contributed by atoms with E-state index in [4.69, 9.17) is 0 Å². The van der Waals surface area contributed by atoms with Crippen molar-refractivity contribution in [1.82, 2.24) is 4.90 Å². The summed E-state index contributed by atoms with van der Waals surface area (Å²) in [6.45, 7) is 1.75. The lowest BCUT2D eigenvalue weighted by Crippen LogP contribution is -2.35. The summed E-state index contributed by atoms with van der Waals surface area (Å²) in [6.07, 6.45) is 1.24. The van der Waals surface area contributed by atoms with Crippen molar-refractivity contribution in [3.05, 3.63) is 0 Å². The highest BCUT2D eigenvalue weighted by Gasteiger charge is 2.17. The molecule has 1 heterocycles. The van der Waals surface area contributed by atoms with Crippen molar-refractivity contribution in [2.45, 2.75) is 19.0 Å². The molecule has 0 aromatic carbocycles. The Hall–Kier alpha value is 0.490. The molecule has 10 heavy (non-hydrogen) atoms. The summed E-state index contributed by atoms with van der Waals surface area (Å²) >= 11 is 0.0720. The summed E-state index contributed by atoms with van der Waals surface area (Å²) < 4.78 is 17.6. The van der Waals surface area contributed by atoms with Crippen molar-refractivity contribution in [1.29, 1.82) is 0 Å². The molecule has 1 fully saturated rings. The summed E-state index contributed by atoms with van der Waals surface area (Å²) in [5.74, 6) is 0. The van der Waals surface area contributed by atoms with Gasteiger partial charge < -0.3 is 0 Å². The molecular weight excluding hydrogens is 244 g/mol. The minimum absolute atomic E-state index is 0.0720. The molecule has 1 atom stereocenters. The molecule has 1 aliphatic rings. The van der Waals surface area contributed by atoms with Gasteiger partial charge in [0, 0.05) is 11.1 Å². The van der Waals surface area contributed by atoms with Crippen LogP contribution in [0.5, 0.6) is 0 Å². The van der Waals surface area contributed by atoms with Gasteiger partial charge >= 0.3 is 0 Å². The van der Waals surface area contributed by atoms with E-state index in [0.717, 1.165) is 23.9 Å². The Morgan fingerprint density at radius 3 is 3.10 bits per heavy atom. The maximum absolute atomic E-state index is 12.7. The monoisotopic (exact) mass is 257 g/mol. The average molecular weight is 257 g/mol. The predicted octanol–water partition coefficient (Wildman–Crippen LogP) is 1.78. The lowest BCUT2D eigenvalue weighted by molar-refractivity contribution is 0.161. The fourth-order valence-corrected chi connectivity index (χ4v) is 2.53. The molecule has 1 aliphatic heterocycles. The minimum atomic E-state index is -0.565. The van der Waals surface area contributed by atoms with E-state index in [1.54, 1.807) is 0 Å². The molecule has 0 spiro atoms. The van der Waals surface area contributed by atoms with E-state index in [9.17, 15) is 4.39 Å². The average Bonchev–Trinajstić information content (AvgIpc) is 1.88. The fourth-order valence-electron chi connectivity index (χ4n) is 1.23. The van der Waals surface area contributed by atoms with E-state index in [1.165, 1.54) is 0 Å². The van der Waals surface area contributed by atoms with Gasteiger partial charge in [0.15, 0.2) is 0 Å². The van der Waals surface area contributed by atoms with Crippen LogP contribution >= 0.6 is 20.7 Å². The third-order valence-electron chi connectivity index (χ3n) is 1.70. The number of rotatable bonds is 2. The van der Waals surface area contributed by atoms with Crippen molar-refractivity contribution in [3.63, 3.8) is 0 Å². The summed E-state index contributed by atoms with van der Waals surface area (Å²) in [6, 6.07) is 0. The van der Waals surface area contributed by atoms with Gasteiger partial charge in [-0.15, -0.1) is 20.7 Å². The predicted molar refractivity (Wildman–Crippen MR) is 51.7 cm³/mol. The second-order valence-corrected chi connectivity index (χ2v) is 4.39. The second-order valence-electron chi connectivity index (χ2n) is 2.63. The summed E-state index contributed by atoms with van der Waals surface area (Å²) in [5.41, 5.74) is 0. The Bertz CT molecular complexity index is 118. The zero-order valence-corrected chi connectivity index (χ0v) is 8.18. The molecule has 1 unspecified atom stereocenters. The highest BCUT2D eigenvalue weighted by atomic mass is 127. The Labute approximate surface area is 71.3 Å². The fraction of sp³-hybridized carbons (Fsp3) is 0.857. The molecule has 0 aromatic rings. The molecule has 0 radical (unpaired) electrons. The smallest absolute Gasteiger partial charge is 0.113 e. The molecule has 60 valence electrons. The molecule has 3 heteroatoms. The standard InChI is InChI=1S/C7H13FIN/c1-9-6-10-4-2-3-7(8)5-10/h7H,1-6H2. The van der Waals surface area contributed by atoms with Crippen LogP contribution in [0.1, 0.15) is 12.8 Å². The van der Waals surface area contributed by atoms with Crippen LogP contribution in [-0.2, 0) is 0 Å². The van der Waals surface area contributed by atoms with Gasteiger partial charge in [0.25, 0.3) is 0 Å². The molecular formula is C7H13FIN. The van der Waals surface area contributed by atoms with Crippen LogP contribution in [0.2, 0.25) is 0 Å². The van der Waals surface area contributed by atoms with Crippen LogP contribution in [0, 0.1) is 0 Å². The van der Waals surface area contributed by atoms with Crippen molar-refractivity contribution in [3.8, 4) is 0 Å². The van der Waals surface area contributed by atoms with Gasteiger partial charge in [-0.1, -0.05) is 4.51 Å². The van der Waals surface area contributed by atoms with Crippen LogP contribution in [-0.4, -0.2) is 33.2 Å². The molecule has 0 N–H and O–H groups in total. The van der Waals surface area contributed by atoms with Gasteiger partial charge in [0.05, 0.1) is 0 Å². The third kappa shape index (κ3) is 2.62. The van der Waals surface area contributed by atoms with Crippen molar-refractivity contribution in [2.24, 2.45) is 0 Å². The molecule has 0 aromatic heterocycles. The summed E-state index contributed by atoms with van der Waals surface area (Å²) in [4.78, 5) is 2.20. The molecule has 1 nitrogen and oxygen atoms in total. The van der Waals surface area contributed by atoms with Crippen LogP contribution in [0.3, 0.4) is 0 Å². The molecule has 0 aliphatic carbocycles. The maximum Gasteiger partial charge on any atom is 0.113 e. The van der Waals surface area contributed by atoms with Crippen LogP contribution in [0.4, 0.5) is 4.39 Å². The van der Waals surface area contributed by atoms with Crippen molar-refractivity contribution >= 4 is 25.2 Å².